The van der Waals surface area contributed by atoms with Gasteiger partial charge in [0.1, 0.15) is 0 Å². The average molecular weight is 504 g/mol. The van der Waals surface area contributed by atoms with Crippen LogP contribution in [0.5, 0.6) is 0 Å². The standard InChI is InChI=1S/C20H30ClN5.HI/c1-14(13-18-15(2)25-26(5)16(18)3)24-20(22-4)23-12-8-10-17-9-6-7-11-19(17)21;/h6-7,9,11,14H,8,10,12-13H2,1-5H3,(H2,22,23,24);1H. The first kappa shape index (κ1) is 23.8. The summed E-state index contributed by atoms with van der Waals surface area (Å²) in [6.45, 7) is 7.20. The number of nitrogens with zero attached hydrogens (tertiary/aromatic N) is 3. The van der Waals surface area contributed by atoms with E-state index in [1.807, 2.05) is 29.9 Å². The van der Waals surface area contributed by atoms with Crippen LogP contribution in [0.2, 0.25) is 5.02 Å². The van der Waals surface area contributed by atoms with E-state index < -0.39 is 0 Å². The molecule has 2 aromatic rings. The van der Waals surface area contributed by atoms with Crippen LogP contribution in [0.3, 0.4) is 0 Å². The summed E-state index contributed by atoms with van der Waals surface area (Å²) in [4.78, 5) is 4.33. The van der Waals surface area contributed by atoms with Gasteiger partial charge in [-0.3, -0.25) is 9.67 Å². The number of rotatable bonds is 7. The van der Waals surface area contributed by atoms with Crippen molar-refractivity contribution in [3.8, 4) is 0 Å². The number of aryl methyl sites for hydroxylation is 3. The molecule has 150 valence electrons. The van der Waals surface area contributed by atoms with E-state index in [1.54, 1.807) is 7.05 Å². The van der Waals surface area contributed by atoms with E-state index in [1.165, 1.54) is 16.8 Å². The molecule has 1 heterocycles. The zero-order chi connectivity index (χ0) is 19.1. The minimum absolute atomic E-state index is 0. The van der Waals surface area contributed by atoms with Gasteiger partial charge in [-0.05, 0) is 57.2 Å². The van der Waals surface area contributed by atoms with Crippen molar-refractivity contribution < 1.29 is 0 Å². The second-order valence-corrected chi connectivity index (χ2v) is 7.12. The second kappa shape index (κ2) is 11.5. The number of nitrogens with one attached hydrogen (secondary N) is 2. The third kappa shape index (κ3) is 6.99. The normalized spacial score (nSPS) is 12.4. The molecule has 1 atom stereocenters. The van der Waals surface area contributed by atoms with Crippen LogP contribution in [0.15, 0.2) is 29.3 Å². The van der Waals surface area contributed by atoms with Gasteiger partial charge < -0.3 is 10.6 Å². The van der Waals surface area contributed by atoms with Gasteiger partial charge in [-0.15, -0.1) is 24.0 Å². The molecule has 0 aliphatic heterocycles. The van der Waals surface area contributed by atoms with Crippen LogP contribution in [0.1, 0.15) is 35.9 Å². The molecule has 0 bridgehead atoms. The number of aliphatic imine (C=N–C) groups is 1. The first-order chi connectivity index (χ1) is 12.4. The van der Waals surface area contributed by atoms with E-state index in [-0.39, 0.29) is 30.0 Å². The maximum Gasteiger partial charge on any atom is 0.191 e. The monoisotopic (exact) mass is 503 g/mol. The molecule has 1 unspecified atom stereocenters. The molecule has 0 radical (unpaired) electrons. The first-order valence-corrected chi connectivity index (χ1v) is 9.49. The van der Waals surface area contributed by atoms with Crippen molar-refractivity contribution in [2.24, 2.45) is 12.0 Å². The molecule has 27 heavy (non-hydrogen) atoms. The van der Waals surface area contributed by atoms with Crippen LogP contribution in [-0.2, 0) is 19.9 Å². The van der Waals surface area contributed by atoms with Crippen molar-refractivity contribution in [1.29, 1.82) is 0 Å². The van der Waals surface area contributed by atoms with Crippen LogP contribution >= 0.6 is 35.6 Å². The Labute approximate surface area is 185 Å². The molecule has 0 saturated heterocycles. The quantitative estimate of drug-likeness (QED) is 0.260. The topological polar surface area (TPSA) is 54.2 Å². The largest absolute Gasteiger partial charge is 0.356 e. The van der Waals surface area contributed by atoms with Crippen molar-refractivity contribution in [3.05, 3.63) is 51.8 Å². The zero-order valence-electron chi connectivity index (χ0n) is 16.8. The van der Waals surface area contributed by atoms with Crippen molar-refractivity contribution in [3.63, 3.8) is 0 Å². The van der Waals surface area contributed by atoms with Crippen LogP contribution in [0, 0.1) is 13.8 Å². The Morgan fingerprint density at radius 3 is 2.59 bits per heavy atom. The lowest BCUT2D eigenvalue weighted by molar-refractivity contribution is 0.631. The van der Waals surface area contributed by atoms with Crippen LogP contribution in [0.25, 0.3) is 0 Å². The summed E-state index contributed by atoms with van der Waals surface area (Å²) in [5.41, 5.74) is 4.82. The smallest absolute Gasteiger partial charge is 0.191 e. The van der Waals surface area contributed by atoms with Crippen LogP contribution in [0.4, 0.5) is 0 Å². The minimum atomic E-state index is 0. The SMILES string of the molecule is CN=C(NCCCc1ccccc1Cl)NC(C)Cc1c(C)nn(C)c1C.I. The van der Waals surface area contributed by atoms with E-state index in [0.29, 0.717) is 0 Å². The third-order valence-corrected chi connectivity index (χ3v) is 5.02. The fraction of sp³-hybridized carbons (Fsp3) is 0.500. The lowest BCUT2D eigenvalue weighted by Gasteiger charge is -2.18. The molecule has 1 aromatic carbocycles. The van der Waals surface area contributed by atoms with E-state index in [2.05, 4.69) is 47.6 Å². The van der Waals surface area contributed by atoms with Gasteiger partial charge in [0.2, 0.25) is 0 Å². The van der Waals surface area contributed by atoms with Crippen molar-refractivity contribution >= 4 is 41.5 Å². The van der Waals surface area contributed by atoms with Gasteiger partial charge in [-0.25, -0.2) is 0 Å². The summed E-state index contributed by atoms with van der Waals surface area (Å²) in [5.74, 6) is 0.829. The van der Waals surface area contributed by atoms with Gasteiger partial charge in [0, 0.05) is 37.4 Å². The average Bonchev–Trinajstić information content (AvgIpc) is 2.85. The van der Waals surface area contributed by atoms with Crippen molar-refractivity contribution in [2.75, 3.05) is 13.6 Å². The first-order valence-electron chi connectivity index (χ1n) is 9.12. The van der Waals surface area contributed by atoms with Crippen LogP contribution < -0.4 is 10.6 Å². The molecule has 0 spiro atoms. The fourth-order valence-corrected chi connectivity index (χ4v) is 3.32. The summed E-state index contributed by atoms with van der Waals surface area (Å²) in [6, 6.07) is 8.28. The highest BCUT2D eigenvalue weighted by Gasteiger charge is 2.13. The Bertz CT molecular complexity index is 757. The molecule has 0 saturated carbocycles. The number of benzene rings is 1. The number of aromatic nitrogens is 2. The fourth-order valence-electron chi connectivity index (χ4n) is 3.08. The maximum absolute atomic E-state index is 6.20. The lowest BCUT2D eigenvalue weighted by atomic mass is 10.1. The Hall–Kier alpha value is -1.28. The zero-order valence-corrected chi connectivity index (χ0v) is 19.9. The number of guanidine groups is 1. The second-order valence-electron chi connectivity index (χ2n) is 6.72. The highest BCUT2D eigenvalue weighted by Crippen LogP contribution is 2.16. The summed E-state index contributed by atoms with van der Waals surface area (Å²) in [7, 11) is 3.79. The van der Waals surface area contributed by atoms with Gasteiger partial charge in [0.15, 0.2) is 5.96 Å². The summed E-state index contributed by atoms with van der Waals surface area (Å²) < 4.78 is 1.94. The van der Waals surface area contributed by atoms with E-state index in [0.717, 1.165) is 42.5 Å². The molecule has 2 N–H and O–H groups in total. The third-order valence-electron chi connectivity index (χ3n) is 4.65. The van der Waals surface area contributed by atoms with Crippen molar-refractivity contribution in [1.82, 2.24) is 20.4 Å². The summed E-state index contributed by atoms with van der Waals surface area (Å²) in [5, 5.41) is 12.2. The maximum atomic E-state index is 6.20. The highest BCUT2D eigenvalue weighted by atomic mass is 127. The van der Waals surface area contributed by atoms with Gasteiger partial charge in [0.05, 0.1) is 5.69 Å². The summed E-state index contributed by atoms with van der Waals surface area (Å²) in [6.07, 6.45) is 2.87. The van der Waals surface area contributed by atoms with E-state index in [9.17, 15) is 0 Å². The van der Waals surface area contributed by atoms with Crippen LogP contribution in [-0.4, -0.2) is 35.4 Å². The number of hydrogen-bond donors (Lipinski definition) is 2. The molecule has 2 rings (SSSR count). The van der Waals surface area contributed by atoms with E-state index >= 15 is 0 Å². The van der Waals surface area contributed by atoms with Gasteiger partial charge in [-0.1, -0.05) is 29.8 Å². The van der Waals surface area contributed by atoms with Crippen molar-refractivity contribution in [2.45, 2.75) is 46.1 Å². The summed E-state index contributed by atoms with van der Waals surface area (Å²) >= 11 is 6.20. The molecule has 0 fully saturated rings. The number of hydrogen-bond acceptors (Lipinski definition) is 2. The Morgan fingerprint density at radius 2 is 2.00 bits per heavy atom. The minimum Gasteiger partial charge on any atom is -0.356 e. The predicted octanol–water partition coefficient (Wildman–Crippen LogP) is 4.04. The Balaban J connectivity index is 0.00000364. The molecule has 0 aliphatic rings. The molecule has 0 aliphatic carbocycles. The molecule has 1 aromatic heterocycles. The van der Waals surface area contributed by atoms with E-state index in [4.69, 9.17) is 11.6 Å². The lowest BCUT2D eigenvalue weighted by Crippen LogP contribution is -2.43. The highest BCUT2D eigenvalue weighted by molar-refractivity contribution is 14.0. The number of halogens is 2. The van der Waals surface area contributed by atoms with Gasteiger partial charge in [-0.2, -0.15) is 5.10 Å². The molecule has 0 amide bonds. The molecule has 5 nitrogen and oxygen atoms in total. The van der Waals surface area contributed by atoms with Gasteiger partial charge in [0.25, 0.3) is 0 Å². The Morgan fingerprint density at radius 1 is 1.30 bits per heavy atom. The van der Waals surface area contributed by atoms with Gasteiger partial charge >= 0.3 is 0 Å². The molecular formula is C20H31ClIN5. The predicted molar refractivity (Wildman–Crippen MR) is 126 cm³/mol. The molecule has 7 heteroatoms. The molecular weight excluding hydrogens is 473 g/mol. The Kier molecular flexibility index (Phi) is 10.2.